The van der Waals surface area contributed by atoms with Crippen molar-refractivity contribution in [3.8, 4) is 0 Å². The molecule has 3 unspecified atom stereocenters. The highest BCUT2D eigenvalue weighted by Gasteiger charge is 2.65. The van der Waals surface area contributed by atoms with Gasteiger partial charge in [-0.3, -0.25) is 0 Å². The maximum atomic E-state index is 6.86. The van der Waals surface area contributed by atoms with Crippen LogP contribution in [0, 0.1) is 5.41 Å². The van der Waals surface area contributed by atoms with Crippen LogP contribution < -0.4 is 0 Å². The van der Waals surface area contributed by atoms with Crippen molar-refractivity contribution in [3.63, 3.8) is 0 Å². The zero-order chi connectivity index (χ0) is 35.2. The number of unbranched alkanes of at least 4 members (excludes halogenated alkanes) is 3. The third-order valence-corrected chi connectivity index (χ3v) is 9.92. The fourth-order valence-corrected chi connectivity index (χ4v) is 7.96. The molecule has 2 rings (SSSR count). The summed E-state index contributed by atoms with van der Waals surface area (Å²) in [7, 11) is 1.80. The highest BCUT2D eigenvalue weighted by Crippen LogP contribution is 2.64. The maximum Gasteiger partial charge on any atom is 0.282 e. The first-order valence-electron chi connectivity index (χ1n) is 19.3. The molecule has 0 bridgehead atoms. The molecule has 0 amide bonds. The molecule has 2 aromatic rings. The van der Waals surface area contributed by atoms with Gasteiger partial charge in [0.15, 0.2) is 0 Å². The Kier molecular flexibility index (Phi) is 20.1. The third kappa shape index (κ3) is 10.4. The molecule has 274 valence electrons. The minimum atomic E-state index is -1.20. The Morgan fingerprint density at radius 2 is 1.08 bits per heavy atom. The minimum Gasteiger partial charge on any atom is -0.347 e. The molecule has 6 heteroatoms. The summed E-state index contributed by atoms with van der Waals surface area (Å²) in [5.74, 6) is -2.34. The van der Waals surface area contributed by atoms with Gasteiger partial charge >= 0.3 is 0 Å². The molecule has 0 aliphatic carbocycles. The van der Waals surface area contributed by atoms with E-state index in [2.05, 4.69) is 102 Å². The Bertz CT molecular complexity index is 1060. The van der Waals surface area contributed by atoms with Gasteiger partial charge in [0, 0.05) is 36.5 Å². The molecule has 48 heavy (non-hydrogen) atoms. The van der Waals surface area contributed by atoms with Crippen LogP contribution in [0.2, 0.25) is 0 Å². The second-order valence-electron chi connectivity index (χ2n) is 13.2. The molecule has 0 aromatic heterocycles. The van der Waals surface area contributed by atoms with E-state index in [1.54, 1.807) is 7.11 Å². The monoisotopic (exact) mass is 671 g/mol. The predicted molar refractivity (Wildman–Crippen MR) is 198 cm³/mol. The SMILES string of the molecule is CCCCCOOC(OC)(c1ccccc1)C(CCC)(CCC)C(CCC)(CCC(OCC)(OCCC)OCCCC)c1ccccc1. The van der Waals surface area contributed by atoms with Crippen molar-refractivity contribution in [1.82, 2.24) is 0 Å². The Morgan fingerprint density at radius 1 is 0.500 bits per heavy atom. The molecular weight excluding hydrogens is 600 g/mol. The van der Waals surface area contributed by atoms with Crippen LogP contribution in [0.15, 0.2) is 60.7 Å². The number of benzene rings is 2. The third-order valence-electron chi connectivity index (χ3n) is 9.92. The average molecular weight is 671 g/mol. The van der Waals surface area contributed by atoms with E-state index >= 15 is 0 Å². The molecule has 3 atom stereocenters. The van der Waals surface area contributed by atoms with Crippen LogP contribution >= 0.6 is 0 Å². The van der Waals surface area contributed by atoms with Crippen molar-refractivity contribution in [2.75, 3.05) is 33.5 Å². The van der Waals surface area contributed by atoms with E-state index in [1.165, 1.54) is 5.56 Å². The quantitative estimate of drug-likeness (QED) is 0.0372. The fraction of sp³-hybridized carbons (Fsp3) is 0.714. The molecular formula is C42H70O6. The van der Waals surface area contributed by atoms with Gasteiger partial charge < -0.3 is 18.9 Å². The van der Waals surface area contributed by atoms with E-state index in [0.717, 1.165) is 89.0 Å². The predicted octanol–water partition coefficient (Wildman–Crippen LogP) is 11.7. The zero-order valence-electron chi connectivity index (χ0n) is 32.0. The van der Waals surface area contributed by atoms with Gasteiger partial charge in [-0.2, -0.15) is 4.89 Å². The molecule has 0 spiro atoms. The molecule has 0 aliphatic heterocycles. The van der Waals surface area contributed by atoms with Crippen molar-refractivity contribution in [3.05, 3.63) is 71.8 Å². The average Bonchev–Trinajstić information content (AvgIpc) is 3.11. The molecule has 0 aliphatic rings. The summed E-state index contributed by atoms with van der Waals surface area (Å²) in [6.07, 6.45) is 12.8. The maximum absolute atomic E-state index is 6.86. The standard InChI is InChI=1S/C42H70O6/c1-9-16-24-36-47-48-42(43-8,38-27-22-19-23-28-38)40(30-12-4,31-13-5)39(29-11-3,37-25-20-18-21-26-37)32-33-41(44-15-7,45-34-14-6)46-35-17-10-2/h18-23,25-28H,9-17,24,29-36H2,1-8H3. The highest BCUT2D eigenvalue weighted by atomic mass is 17.2. The topological polar surface area (TPSA) is 55.4 Å². The van der Waals surface area contributed by atoms with Gasteiger partial charge in [-0.25, -0.2) is 4.89 Å². The summed E-state index contributed by atoms with van der Waals surface area (Å²) in [6.45, 7) is 17.6. The van der Waals surface area contributed by atoms with Gasteiger partial charge in [-0.15, -0.1) is 0 Å². The van der Waals surface area contributed by atoms with Gasteiger partial charge in [-0.1, -0.05) is 141 Å². The van der Waals surface area contributed by atoms with Crippen LogP contribution in [-0.2, 0) is 39.9 Å². The molecule has 2 aromatic carbocycles. The van der Waals surface area contributed by atoms with E-state index in [0.29, 0.717) is 32.8 Å². The van der Waals surface area contributed by atoms with Crippen molar-refractivity contribution < 1.29 is 28.7 Å². The van der Waals surface area contributed by atoms with Crippen LogP contribution in [-0.4, -0.2) is 39.5 Å². The number of methoxy groups -OCH3 is 1. The van der Waals surface area contributed by atoms with Crippen molar-refractivity contribution in [1.29, 1.82) is 0 Å². The minimum absolute atomic E-state index is 0.431. The summed E-state index contributed by atoms with van der Waals surface area (Å²) in [5.41, 5.74) is 1.27. The first-order chi connectivity index (χ1) is 23.4. The Labute approximate surface area is 294 Å². The summed E-state index contributed by atoms with van der Waals surface area (Å²) in [5, 5.41) is 0. The molecule has 0 radical (unpaired) electrons. The second-order valence-corrected chi connectivity index (χ2v) is 13.2. The van der Waals surface area contributed by atoms with E-state index in [1.807, 2.05) is 6.92 Å². The fourth-order valence-electron chi connectivity index (χ4n) is 7.96. The zero-order valence-corrected chi connectivity index (χ0v) is 32.0. The lowest BCUT2D eigenvalue weighted by Crippen LogP contribution is -2.61. The second kappa shape index (κ2) is 22.8. The van der Waals surface area contributed by atoms with Gasteiger partial charge in [0.05, 0.1) is 19.8 Å². The van der Waals surface area contributed by atoms with Crippen LogP contribution in [0.3, 0.4) is 0 Å². The van der Waals surface area contributed by atoms with Crippen molar-refractivity contribution >= 4 is 0 Å². The molecule has 0 N–H and O–H groups in total. The van der Waals surface area contributed by atoms with Gasteiger partial charge in [0.25, 0.3) is 5.97 Å². The van der Waals surface area contributed by atoms with Crippen LogP contribution in [0.1, 0.15) is 149 Å². The molecule has 0 fully saturated rings. The van der Waals surface area contributed by atoms with Crippen LogP contribution in [0.4, 0.5) is 0 Å². The Balaban J connectivity index is 2.99. The largest absolute Gasteiger partial charge is 0.347 e. The van der Waals surface area contributed by atoms with Crippen molar-refractivity contribution in [2.24, 2.45) is 5.41 Å². The molecule has 0 heterocycles. The molecule has 0 saturated heterocycles. The smallest absolute Gasteiger partial charge is 0.282 e. The van der Waals surface area contributed by atoms with E-state index in [9.17, 15) is 0 Å². The van der Waals surface area contributed by atoms with E-state index in [4.69, 9.17) is 28.7 Å². The lowest BCUT2D eigenvalue weighted by Gasteiger charge is -2.60. The first-order valence-corrected chi connectivity index (χ1v) is 19.3. The lowest BCUT2D eigenvalue weighted by molar-refractivity contribution is -0.475. The lowest BCUT2D eigenvalue weighted by atomic mass is 9.48. The molecule has 0 saturated carbocycles. The van der Waals surface area contributed by atoms with Gasteiger partial charge in [-0.05, 0) is 57.4 Å². The summed E-state index contributed by atoms with van der Waals surface area (Å²) in [4.78, 5) is 13.1. The number of rotatable bonds is 29. The van der Waals surface area contributed by atoms with E-state index in [-0.39, 0.29) is 0 Å². The normalized spacial score (nSPS) is 15.9. The van der Waals surface area contributed by atoms with Crippen LogP contribution in [0.5, 0.6) is 0 Å². The number of ether oxygens (including phenoxy) is 4. The van der Waals surface area contributed by atoms with Crippen LogP contribution in [0.25, 0.3) is 0 Å². The number of hydrogen-bond donors (Lipinski definition) is 0. The first kappa shape index (κ1) is 42.4. The summed E-state index contributed by atoms with van der Waals surface area (Å²) >= 11 is 0. The Hall–Kier alpha value is -1.80. The summed E-state index contributed by atoms with van der Waals surface area (Å²) < 4.78 is 26.5. The highest BCUT2D eigenvalue weighted by molar-refractivity contribution is 5.35. The number of hydrogen-bond acceptors (Lipinski definition) is 6. The Morgan fingerprint density at radius 3 is 1.60 bits per heavy atom. The van der Waals surface area contributed by atoms with Gasteiger partial charge in [0.1, 0.15) is 0 Å². The van der Waals surface area contributed by atoms with Crippen molar-refractivity contribution in [2.45, 2.75) is 156 Å². The van der Waals surface area contributed by atoms with E-state index < -0.39 is 22.6 Å². The molecule has 6 nitrogen and oxygen atoms in total. The summed E-state index contributed by atoms with van der Waals surface area (Å²) in [6, 6.07) is 21.6. The van der Waals surface area contributed by atoms with Gasteiger partial charge in [0.2, 0.25) is 5.79 Å².